The third-order valence-electron chi connectivity index (χ3n) is 2.92. The molecule has 1 atom stereocenters. The highest BCUT2D eigenvalue weighted by Crippen LogP contribution is 2.39. The zero-order chi connectivity index (χ0) is 10.6. The van der Waals surface area contributed by atoms with Crippen molar-refractivity contribution in [2.75, 3.05) is 7.11 Å². The number of aliphatic hydroxyl groups is 1. The van der Waals surface area contributed by atoms with Crippen molar-refractivity contribution in [2.45, 2.75) is 38.2 Å². The minimum Gasteiger partial charge on any atom is -0.467 e. The van der Waals surface area contributed by atoms with Crippen LogP contribution in [0.4, 0.5) is 0 Å². The summed E-state index contributed by atoms with van der Waals surface area (Å²) in [5.41, 5.74) is -0.911. The topological polar surface area (TPSA) is 70.3 Å². The van der Waals surface area contributed by atoms with Crippen LogP contribution in [0.5, 0.6) is 0 Å². The number of methoxy groups -OCH3 is 1. The lowest BCUT2D eigenvalue weighted by Gasteiger charge is -2.33. The average Bonchev–Trinajstić information content (AvgIpc) is 2.28. The summed E-state index contributed by atoms with van der Waals surface area (Å²) in [6.45, 7) is 0. The summed E-state index contributed by atoms with van der Waals surface area (Å²) < 4.78 is 4.45. The molecular weight excluding hydrogens is 182 g/mol. The van der Waals surface area contributed by atoms with E-state index in [1.807, 2.05) is 0 Å². The molecule has 0 spiro atoms. The van der Waals surface area contributed by atoms with E-state index in [0.717, 1.165) is 19.3 Å². The van der Waals surface area contributed by atoms with E-state index in [2.05, 4.69) is 10.8 Å². The summed E-state index contributed by atoms with van der Waals surface area (Å²) in [5, 5.41) is 18.7. The monoisotopic (exact) mass is 197 g/mol. The van der Waals surface area contributed by atoms with Crippen molar-refractivity contribution in [3.63, 3.8) is 0 Å². The molecule has 0 radical (unpaired) electrons. The Hall–Kier alpha value is -1.08. The fourth-order valence-corrected chi connectivity index (χ4v) is 1.97. The molecule has 78 valence electrons. The molecule has 0 heterocycles. The number of nitrogens with zero attached hydrogens (tertiary/aromatic N) is 1. The van der Waals surface area contributed by atoms with Gasteiger partial charge in [-0.1, -0.05) is 19.3 Å². The molecule has 4 heteroatoms. The van der Waals surface area contributed by atoms with E-state index in [9.17, 15) is 9.90 Å². The molecule has 1 fully saturated rings. The highest BCUT2D eigenvalue weighted by atomic mass is 16.5. The molecule has 0 bridgehead atoms. The quantitative estimate of drug-likeness (QED) is 0.670. The van der Waals surface area contributed by atoms with Gasteiger partial charge in [-0.15, -0.1) is 0 Å². The number of hydrogen-bond donors (Lipinski definition) is 1. The van der Waals surface area contributed by atoms with Crippen LogP contribution < -0.4 is 0 Å². The first-order valence-corrected chi connectivity index (χ1v) is 4.83. The molecular formula is C10H15NO3. The zero-order valence-electron chi connectivity index (χ0n) is 8.32. The van der Waals surface area contributed by atoms with Crippen LogP contribution in [-0.2, 0) is 9.53 Å². The summed E-state index contributed by atoms with van der Waals surface area (Å²) in [6, 6.07) is 2.08. The third-order valence-corrected chi connectivity index (χ3v) is 2.92. The van der Waals surface area contributed by atoms with E-state index < -0.39 is 17.5 Å². The lowest BCUT2D eigenvalue weighted by atomic mass is 9.71. The summed E-state index contributed by atoms with van der Waals surface area (Å²) >= 11 is 0. The minimum atomic E-state index is -1.29. The van der Waals surface area contributed by atoms with E-state index in [0.29, 0.717) is 12.8 Å². The molecule has 0 aromatic heterocycles. The van der Waals surface area contributed by atoms with E-state index >= 15 is 0 Å². The van der Waals surface area contributed by atoms with Crippen LogP contribution in [-0.4, -0.2) is 24.3 Å². The Morgan fingerprint density at radius 2 is 2.07 bits per heavy atom. The molecule has 1 rings (SSSR count). The molecule has 0 aliphatic heterocycles. The molecule has 0 aromatic carbocycles. The molecule has 1 saturated carbocycles. The van der Waals surface area contributed by atoms with Crippen LogP contribution in [0.3, 0.4) is 0 Å². The largest absolute Gasteiger partial charge is 0.467 e. The summed E-state index contributed by atoms with van der Waals surface area (Å²) in [6.07, 6.45) is 2.72. The number of esters is 1. The van der Waals surface area contributed by atoms with Crippen molar-refractivity contribution in [3.8, 4) is 6.07 Å². The summed E-state index contributed by atoms with van der Waals surface area (Å²) in [4.78, 5) is 11.2. The highest BCUT2D eigenvalue weighted by Gasteiger charge is 2.43. The van der Waals surface area contributed by atoms with Crippen LogP contribution in [0, 0.1) is 16.7 Å². The van der Waals surface area contributed by atoms with Gasteiger partial charge in [-0.25, -0.2) is 4.79 Å². The molecule has 1 N–H and O–H groups in total. The van der Waals surface area contributed by atoms with Crippen molar-refractivity contribution in [2.24, 2.45) is 5.41 Å². The van der Waals surface area contributed by atoms with Crippen molar-refractivity contribution >= 4 is 5.97 Å². The van der Waals surface area contributed by atoms with Crippen LogP contribution in [0.25, 0.3) is 0 Å². The van der Waals surface area contributed by atoms with Gasteiger partial charge in [0.25, 0.3) is 0 Å². The van der Waals surface area contributed by atoms with Gasteiger partial charge in [0.15, 0.2) is 6.10 Å². The van der Waals surface area contributed by atoms with Crippen molar-refractivity contribution in [3.05, 3.63) is 0 Å². The van der Waals surface area contributed by atoms with Crippen LogP contribution in [0.2, 0.25) is 0 Å². The molecule has 1 aliphatic carbocycles. The Labute approximate surface area is 83.5 Å². The standard InChI is InChI=1S/C10H15NO3/c1-14-9(13)8(12)10(7-11)5-3-2-4-6-10/h8,12H,2-6H2,1H3. The van der Waals surface area contributed by atoms with Crippen molar-refractivity contribution in [1.29, 1.82) is 5.26 Å². The zero-order valence-corrected chi connectivity index (χ0v) is 8.32. The van der Waals surface area contributed by atoms with Crippen LogP contribution >= 0.6 is 0 Å². The predicted molar refractivity (Wildman–Crippen MR) is 49.2 cm³/mol. The molecule has 0 aromatic rings. The van der Waals surface area contributed by atoms with Gasteiger partial charge in [0.2, 0.25) is 0 Å². The Kier molecular flexibility index (Phi) is 3.48. The van der Waals surface area contributed by atoms with Crippen LogP contribution in [0.1, 0.15) is 32.1 Å². The number of aliphatic hydroxyl groups excluding tert-OH is 1. The van der Waals surface area contributed by atoms with Gasteiger partial charge >= 0.3 is 5.97 Å². The first kappa shape index (κ1) is 11.0. The maximum absolute atomic E-state index is 11.2. The average molecular weight is 197 g/mol. The van der Waals surface area contributed by atoms with Gasteiger partial charge < -0.3 is 9.84 Å². The van der Waals surface area contributed by atoms with E-state index in [-0.39, 0.29) is 0 Å². The number of nitriles is 1. The summed E-state index contributed by atoms with van der Waals surface area (Å²) in [7, 11) is 1.22. The second-order valence-corrected chi connectivity index (χ2v) is 3.75. The number of carbonyl (C=O) groups is 1. The summed E-state index contributed by atoms with van der Waals surface area (Å²) in [5.74, 6) is -0.701. The first-order valence-electron chi connectivity index (χ1n) is 4.83. The SMILES string of the molecule is COC(=O)C(O)C1(C#N)CCCCC1. The van der Waals surface area contributed by atoms with Crippen LogP contribution in [0.15, 0.2) is 0 Å². The Morgan fingerprint density at radius 3 is 2.50 bits per heavy atom. The predicted octanol–water partition coefficient (Wildman–Crippen LogP) is 0.994. The van der Waals surface area contributed by atoms with Gasteiger partial charge in [-0.2, -0.15) is 5.26 Å². The highest BCUT2D eigenvalue weighted by molar-refractivity contribution is 5.76. The Morgan fingerprint density at radius 1 is 1.50 bits per heavy atom. The van der Waals surface area contributed by atoms with E-state index in [1.54, 1.807) is 0 Å². The lowest BCUT2D eigenvalue weighted by Crippen LogP contribution is -2.42. The maximum Gasteiger partial charge on any atom is 0.336 e. The number of carbonyl (C=O) groups excluding carboxylic acids is 1. The van der Waals surface area contributed by atoms with Gasteiger partial charge in [-0.05, 0) is 12.8 Å². The van der Waals surface area contributed by atoms with Crippen molar-refractivity contribution in [1.82, 2.24) is 0 Å². The van der Waals surface area contributed by atoms with Gasteiger partial charge in [0.1, 0.15) is 0 Å². The maximum atomic E-state index is 11.2. The molecule has 0 saturated heterocycles. The van der Waals surface area contributed by atoms with E-state index in [1.165, 1.54) is 7.11 Å². The Bertz CT molecular complexity index is 251. The minimum absolute atomic E-state index is 0.583. The van der Waals surface area contributed by atoms with Gasteiger partial charge in [-0.3, -0.25) is 0 Å². The lowest BCUT2D eigenvalue weighted by molar-refractivity contribution is -0.157. The molecule has 1 aliphatic rings. The first-order chi connectivity index (χ1) is 6.66. The number of ether oxygens (including phenoxy) is 1. The fourth-order valence-electron chi connectivity index (χ4n) is 1.97. The number of hydrogen-bond acceptors (Lipinski definition) is 4. The molecule has 14 heavy (non-hydrogen) atoms. The van der Waals surface area contributed by atoms with Gasteiger partial charge in [0.05, 0.1) is 18.6 Å². The molecule has 1 unspecified atom stereocenters. The smallest absolute Gasteiger partial charge is 0.336 e. The number of rotatable bonds is 2. The third kappa shape index (κ3) is 1.88. The van der Waals surface area contributed by atoms with Crippen molar-refractivity contribution < 1.29 is 14.6 Å². The Balaban J connectivity index is 2.78. The molecule has 0 amide bonds. The molecule has 4 nitrogen and oxygen atoms in total. The van der Waals surface area contributed by atoms with Gasteiger partial charge in [0, 0.05) is 0 Å². The normalized spacial score (nSPS) is 22.1. The van der Waals surface area contributed by atoms with E-state index in [4.69, 9.17) is 5.26 Å². The second kappa shape index (κ2) is 4.43. The second-order valence-electron chi connectivity index (χ2n) is 3.75. The fraction of sp³-hybridized carbons (Fsp3) is 0.800.